The van der Waals surface area contributed by atoms with E-state index in [1.807, 2.05) is 86.5 Å². The summed E-state index contributed by atoms with van der Waals surface area (Å²) in [6.45, 7) is 2.98. The topological polar surface area (TPSA) is 184 Å². The summed E-state index contributed by atoms with van der Waals surface area (Å²) in [6, 6.07) is 14.6. The third kappa shape index (κ3) is 11.1. The van der Waals surface area contributed by atoms with E-state index in [1.54, 1.807) is 18.9 Å². The molecule has 2 aromatic carbocycles. The van der Waals surface area contributed by atoms with Gasteiger partial charge >= 0.3 is 0 Å². The van der Waals surface area contributed by atoms with E-state index in [2.05, 4.69) is 20.6 Å². The summed E-state index contributed by atoms with van der Waals surface area (Å²) in [4.78, 5) is 3.95. The van der Waals surface area contributed by atoms with E-state index >= 15 is 0 Å². The largest absolute Gasteiger partial charge is 0.497 e. The molecule has 18 heteroatoms. The van der Waals surface area contributed by atoms with Gasteiger partial charge in [-0.2, -0.15) is 4.31 Å². The number of ether oxygens (including phenoxy) is 2. The lowest BCUT2D eigenvalue weighted by Crippen LogP contribution is -2.30. The first-order chi connectivity index (χ1) is 21.7. The van der Waals surface area contributed by atoms with Gasteiger partial charge in [0.1, 0.15) is 11.5 Å². The second-order valence-corrected chi connectivity index (χ2v) is 14.2. The van der Waals surface area contributed by atoms with Gasteiger partial charge in [0.15, 0.2) is 0 Å². The zero-order valence-electron chi connectivity index (χ0n) is 26.9. The van der Waals surface area contributed by atoms with E-state index in [-0.39, 0.29) is 23.1 Å². The first-order valence-corrected chi connectivity index (χ1v) is 17.1. The molecule has 0 amide bonds. The predicted octanol–water partition coefficient (Wildman–Crippen LogP) is 0.735. The lowest BCUT2D eigenvalue weighted by Gasteiger charge is -2.21. The van der Waals surface area contributed by atoms with Crippen LogP contribution in [-0.2, 0) is 46.2 Å². The maximum Gasteiger partial charge on any atom is 0.264 e. The van der Waals surface area contributed by atoms with Crippen molar-refractivity contribution in [2.75, 3.05) is 55.5 Å². The van der Waals surface area contributed by atoms with Crippen molar-refractivity contribution in [1.29, 1.82) is 0 Å². The molecule has 0 unspecified atom stereocenters. The van der Waals surface area contributed by atoms with Gasteiger partial charge < -0.3 is 19.3 Å². The average molecular weight is 679 g/mol. The highest BCUT2D eigenvalue weighted by atomic mass is 32.2. The van der Waals surface area contributed by atoms with Crippen LogP contribution in [0.15, 0.2) is 71.0 Å². The Hall–Kier alpha value is -3.94. The summed E-state index contributed by atoms with van der Waals surface area (Å²) in [5.41, 5.74) is 1.67. The molecular formula is C28H42N10O6S2. The molecule has 0 aliphatic heterocycles. The van der Waals surface area contributed by atoms with E-state index in [1.165, 1.54) is 21.4 Å². The Bertz CT molecular complexity index is 1670. The summed E-state index contributed by atoms with van der Waals surface area (Å²) in [5, 5.41) is 19.6. The van der Waals surface area contributed by atoms with Gasteiger partial charge in [0, 0.05) is 26.2 Å². The summed E-state index contributed by atoms with van der Waals surface area (Å²) in [5.74, 6) is 1.42. The maximum absolute atomic E-state index is 13.5. The number of likely N-dealkylation sites (N-methyl/N-ethyl adjacent to an activating group) is 2. The minimum atomic E-state index is -3.88. The van der Waals surface area contributed by atoms with Crippen LogP contribution in [0.3, 0.4) is 0 Å². The molecule has 252 valence electrons. The molecule has 0 fully saturated rings. The molecule has 2 N–H and O–H groups in total. The third-order valence-electron chi connectivity index (χ3n) is 6.52. The Morgan fingerprint density at radius 1 is 0.674 bits per heavy atom. The minimum Gasteiger partial charge on any atom is -0.497 e. The molecule has 0 radical (unpaired) electrons. The Labute approximate surface area is 270 Å². The van der Waals surface area contributed by atoms with Gasteiger partial charge in [0.05, 0.1) is 39.7 Å². The highest BCUT2D eigenvalue weighted by Crippen LogP contribution is 2.22. The van der Waals surface area contributed by atoms with E-state index in [0.29, 0.717) is 24.6 Å². The molecule has 4 aromatic rings. The summed E-state index contributed by atoms with van der Waals surface area (Å²) >= 11 is 0. The van der Waals surface area contributed by atoms with E-state index < -0.39 is 20.0 Å². The number of primary sulfonamides is 1. The average Bonchev–Trinajstić information content (AvgIpc) is 3.71. The molecule has 2 aromatic heterocycles. The number of aromatic nitrogens is 6. The van der Waals surface area contributed by atoms with E-state index in [4.69, 9.17) is 14.6 Å². The van der Waals surface area contributed by atoms with Crippen molar-refractivity contribution in [3.8, 4) is 11.5 Å². The highest BCUT2D eigenvalue weighted by Gasteiger charge is 2.28. The van der Waals surface area contributed by atoms with Crippen LogP contribution < -0.4 is 14.6 Å². The van der Waals surface area contributed by atoms with Gasteiger partial charge in [0.2, 0.25) is 10.1 Å². The van der Waals surface area contributed by atoms with Crippen molar-refractivity contribution in [3.63, 3.8) is 0 Å². The maximum atomic E-state index is 13.5. The SMILES string of the molecule is CN(C)CCn1cc(S(N)(=O)=O)nn1.COc1ccc(CN(Cc2ccc(OC)cc2)S(=O)(=O)c2cn(CCN(C)C)nn2)cc1. The van der Waals surface area contributed by atoms with Crippen LogP contribution in [-0.4, -0.2) is 116 Å². The molecule has 0 aliphatic rings. The molecule has 16 nitrogen and oxygen atoms in total. The Morgan fingerprint density at radius 3 is 1.41 bits per heavy atom. The molecule has 0 atom stereocenters. The van der Waals surface area contributed by atoms with Crippen LogP contribution in [0.4, 0.5) is 0 Å². The fraction of sp³-hybridized carbons (Fsp3) is 0.429. The zero-order chi connectivity index (χ0) is 33.9. The number of benzene rings is 2. The zero-order valence-corrected chi connectivity index (χ0v) is 28.5. The van der Waals surface area contributed by atoms with E-state index in [9.17, 15) is 16.8 Å². The lowest BCUT2D eigenvalue weighted by atomic mass is 10.2. The molecule has 0 saturated carbocycles. The first kappa shape index (κ1) is 36.5. The number of rotatable bonds is 15. The quantitative estimate of drug-likeness (QED) is 0.186. The van der Waals surface area contributed by atoms with Crippen molar-refractivity contribution in [2.24, 2.45) is 5.14 Å². The summed E-state index contributed by atoms with van der Waals surface area (Å²) in [6.07, 6.45) is 2.80. The van der Waals surface area contributed by atoms with Crippen LogP contribution in [0.5, 0.6) is 11.5 Å². The molecule has 2 heterocycles. The predicted molar refractivity (Wildman–Crippen MR) is 171 cm³/mol. The van der Waals surface area contributed by atoms with Crippen molar-refractivity contribution in [1.82, 2.24) is 44.1 Å². The van der Waals surface area contributed by atoms with Gasteiger partial charge in [-0.1, -0.05) is 34.7 Å². The van der Waals surface area contributed by atoms with Crippen molar-refractivity contribution < 1.29 is 26.3 Å². The van der Waals surface area contributed by atoms with Crippen LogP contribution >= 0.6 is 0 Å². The highest BCUT2D eigenvalue weighted by molar-refractivity contribution is 7.89. The second kappa shape index (κ2) is 16.6. The van der Waals surface area contributed by atoms with Gasteiger partial charge in [-0.3, -0.25) is 0 Å². The molecule has 0 bridgehead atoms. The summed E-state index contributed by atoms with van der Waals surface area (Å²) < 4.78 is 63.4. The third-order valence-corrected chi connectivity index (χ3v) is 8.94. The van der Waals surface area contributed by atoms with Gasteiger partial charge in [-0.15, -0.1) is 10.2 Å². The molecule has 0 saturated heterocycles. The molecule has 0 spiro atoms. The van der Waals surface area contributed by atoms with Gasteiger partial charge in [-0.05, 0) is 63.6 Å². The number of hydrogen-bond acceptors (Lipinski definition) is 12. The number of hydrogen-bond donors (Lipinski definition) is 1. The molecule has 46 heavy (non-hydrogen) atoms. The fourth-order valence-corrected chi connectivity index (χ4v) is 5.58. The molecule has 4 rings (SSSR count). The fourth-order valence-electron chi connectivity index (χ4n) is 3.86. The first-order valence-electron chi connectivity index (χ1n) is 14.1. The van der Waals surface area contributed by atoms with Crippen LogP contribution in [0.25, 0.3) is 0 Å². The Morgan fingerprint density at radius 2 is 1.07 bits per heavy atom. The number of methoxy groups -OCH3 is 2. The Balaban J connectivity index is 0.000000344. The number of sulfonamides is 2. The number of nitrogens with zero attached hydrogens (tertiary/aromatic N) is 9. The standard InChI is InChI=1S/C22H29N5O4S.C6H13N5O2S/c1-25(2)13-14-26-17-22(23-24-26)32(28,29)27(15-18-5-9-20(30-3)10-6-18)16-19-7-11-21(31-4)12-8-19;1-10(2)3-4-11-5-6(8-9-11)14(7,12)13/h5-12,17H,13-16H2,1-4H3;5H,3-4H2,1-2H3,(H2,7,12,13). The smallest absolute Gasteiger partial charge is 0.264 e. The normalized spacial score (nSPS) is 12.0. The summed E-state index contributed by atoms with van der Waals surface area (Å²) in [7, 11) is 3.29. The van der Waals surface area contributed by atoms with Gasteiger partial charge in [0.25, 0.3) is 20.0 Å². The van der Waals surface area contributed by atoms with Crippen LogP contribution in [0.1, 0.15) is 11.1 Å². The minimum absolute atomic E-state index is 0.0710. The van der Waals surface area contributed by atoms with Crippen molar-refractivity contribution in [3.05, 3.63) is 72.1 Å². The second-order valence-electron chi connectivity index (χ2n) is 10.8. The van der Waals surface area contributed by atoms with E-state index in [0.717, 1.165) is 24.2 Å². The van der Waals surface area contributed by atoms with Crippen molar-refractivity contribution >= 4 is 20.0 Å². The monoisotopic (exact) mass is 678 g/mol. The molecular weight excluding hydrogens is 637 g/mol. The van der Waals surface area contributed by atoms with Crippen LogP contribution in [0, 0.1) is 0 Å². The Kier molecular flexibility index (Phi) is 13.2. The van der Waals surface area contributed by atoms with Crippen molar-refractivity contribution in [2.45, 2.75) is 36.2 Å². The van der Waals surface area contributed by atoms with Gasteiger partial charge in [-0.25, -0.2) is 31.3 Å². The molecule has 0 aliphatic carbocycles. The van der Waals surface area contributed by atoms with Crippen LogP contribution in [0.2, 0.25) is 0 Å². The number of nitrogens with two attached hydrogens (primary N) is 1. The lowest BCUT2D eigenvalue weighted by molar-refractivity contribution is 0.370.